The normalized spacial score (nSPS) is 22.1. The van der Waals surface area contributed by atoms with Crippen molar-refractivity contribution in [2.75, 3.05) is 32.2 Å². The van der Waals surface area contributed by atoms with Crippen LogP contribution in [0.15, 0.2) is 29.3 Å². The van der Waals surface area contributed by atoms with Crippen LogP contribution in [0.25, 0.3) is 0 Å². The molecule has 3 rings (SSSR count). The van der Waals surface area contributed by atoms with Gasteiger partial charge in [0.15, 0.2) is 11.2 Å². The van der Waals surface area contributed by atoms with Crippen molar-refractivity contribution in [1.82, 2.24) is 14.7 Å². The number of anilines is 1. The Balaban J connectivity index is 1.61. The number of aliphatic imine (C=N–C) groups is 1. The van der Waals surface area contributed by atoms with Gasteiger partial charge in [0, 0.05) is 26.8 Å². The maximum absolute atomic E-state index is 12.3. The molecule has 0 radical (unpaired) electrons. The molecule has 0 bridgehead atoms. The van der Waals surface area contributed by atoms with Crippen LogP contribution >= 0.6 is 11.8 Å². The standard InChI is InChI=1S/C18H23N5O3S/c1-5-11-6-8-12(9-7-11)19-13(24)10-27-17-20-14-15(21(17)2)22(3)18(26)23(4)16(14)25/h6-9,14-15H,5,10H2,1-4H3,(H,19,24)/t14-,15-/m0/s1. The van der Waals surface area contributed by atoms with E-state index in [1.807, 2.05) is 24.3 Å². The number of nitrogens with one attached hydrogen (secondary N) is 1. The molecule has 8 nitrogen and oxygen atoms in total. The van der Waals surface area contributed by atoms with Crippen molar-refractivity contribution in [2.45, 2.75) is 25.6 Å². The molecule has 1 N–H and O–H groups in total. The number of amidine groups is 1. The second kappa shape index (κ2) is 7.59. The number of hydrogen-bond donors (Lipinski definition) is 1. The number of carbonyl (C=O) groups is 3. The van der Waals surface area contributed by atoms with E-state index in [0.29, 0.717) is 5.17 Å². The van der Waals surface area contributed by atoms with Gasteiger partial charge in [-0.3, -0.25) is 14.5 Å². The fourth-order valence-electron chi connectivity index (χ4n) is 3.19. The lowest BCUT2D eigenvalue weighted by molar-refractivity contribution is -0.134. The van der Waals surface area contributed by atoms with Crippen molar-refractivity contribution in [3.05, 3.63) is 29.8 Å². The third-order valence-electron chi connectivity index (χ3n) is 4.78. The van der Waals surface area contributed by atoms with Crippen LogP contribution in [0.3, 0.4) is 0 Å². The van der Waals surface area contributed by atoms with E-state index in [-0.39, 0.29) is 23.6 Å². The minimum Gasteiger partial charge on any atom is -0.331 e. The molecule has 9 heteroatoms. The highest BCUT2D eigenvalue weighted by Crippen LogP contribution is 2.29. The third kappa shape index (κ3) is 3.64. The van der Waals surface area contributed by atoms with E-state index in [2.05, 4.69) is 17.2 Å². The quantitative estimate of drug-likeness (QED) is 0.842. The number of fused-ring (bicyclic) bond motifs is 1. The molecule has 1 aromatic rings. The van der Waals surface area contributed by atoms with Gasteiger partial charge in [-0.15, -0.1) is 0 Å². The van der Waals surface area contributed by atoms with Crippen molar-refractivity contribution < 1.29 is 14.4 Å². The minimum absolute atomic E-state index is 0.150. The lowest BCUT2D eigenvalue weighted by atomic mass is 10.1. The number of rotatable bonds is 4. The first-order valence-corrected chi connectivity index (χ1v) is 9.68. The maximum atomic E-state index is 12.3. The Morgan fingerprint density at radius 1 is 1.15 bits per heavy atom. The van der Waals surface area contributed by atoms with E-state index >= 15 is 0 Å². The van der Waals surface area contributed by atoms with Gasteiger partial charge in [-0.05, 0) is 24.1 Å². The molecule has 144 valence electrons. The van der Waals surface area contributed by atoms with Gasteiger partial charge in [-0.25, -0.2) is 9.79 Å². The van der Waals surface area contributed by atoms with Gasteiger partial charge in [0.1, 0.15) is 6.17 Å². The molecular weight excluding hydrogens is 366 g/mol. The minimum atomic E-state index is -0.658. The number of amides is 4. The zero-order chi connectivity index (χ0) is 19.7. The smallest absolute Gasteiger partial charge is 0.327 e. The average Bonchev–Trinajstić information content (AvgIpc) is 3.00. The highest BCUT2D eigenvalue weighted by atomic mass is 32.2. The van der Waals surface area contributed by atoms with Crippen molar-refractivity contribution in [3.8, 4) is 0 Å². The Morgan fingerprint density at radius 2 is 1.81 bits per heavy atom. The summed E-state index contributed by atoms with van der Waals surface area (Å²) >= 11 is 1.25. The molecule has 0 saturated carbocycles. The summed E-state index contributed by atoms with van der Waals surface area (Å²) in [5.74, 6) is -0.311. The van der Waals surface area contributed by atoms with Crippen LogP contribution in [0, 0.1) is 0 Å². The molecule has 27 heavy (non-hydrogen) atoms. The van der Waals surface area contributed by atoms with Crippen molar-refractivity contribution in [1.29, 1.82) is 0 Å². The van der Waals surface area contributed by atoms with E-state index < -0.39 is 12.2 Å². The van der Waals surface area contributed by atoms with Gasteiger partial charge in [-0.2, -0.15) is 0 Å². The van der Waals surface area contributed by atoms with Gasteiger partial charge in [0.25, 0.3) is 5.91 Å². The number of likely N-dealkylation sites (N-methyl/N-ethyl adjacent to an activating group) is 3. The Hall–Kier alpha value is -2.55. The van der Waals surface area contributed by atoms with Crippen LogP contribution in [0.2, 0.25) is 0 Å². The van der Waals surface area contributed by atoms with Gasteiger partial charge in [0.2, 0.25) is 5.91 Å². The number of benzene rings is 1. The van der Waals surface area contributed by atoms with Crippen molar-refractivity contribution >= 4 is 40.5 Å². The summed E-state index contributed by atoms with van der Waals surface area (Å²) in [5.41, 5.74) is 1.95. The fraction of sp³-hybridized carbons (Fsp3) is 0.444. The topological polar surface area (TPSA) is 85.3 Å². The molecule has 0 aliphatic carbocycles. The summed E-state index contributed by atoms with van der Waals surface area (Å²) in [6, 6.07) is 6.71. The number of hydrogen-bond acceptors (Lipinski definition) is 6. The van der Waals surface area contributed by atoms with Crippen LogP contribution in [0.1, 0.15) is 12.5 Å². The molecule has 2 atom stereocenters. The lowest BCUT2D eigenvalue weighted by Crippen LogP contribution is -2.63. The van der Waals surface area contributed by atoms with Gasteiger partial charge in [-0.1, -0.05) is 30.8 Å². The third-order valence-corrected chi connectivity index (χ3v) is 5.84. The molecule has 0 spiro atoms. The van der Waals surface area contributed by atoms with E-state index in [0.717, 1.165) is 17.0 Å². The number of nitrogens with zero attached hydrogens (tertiary/aromatic N) is 4. The fourth-order valence-corrected chi connectivity index (χ4v) is 4.02. The Kier molecular flexibility index (Phi) is 5.41. The van der Waals surface area contributed by atoms with Crippen LogP contribution in [0.4, 0.5) is 10.5 Å². The summed E-state index contributed by atoms with van der Waals surface area (Å²) < 4.78 is 0. The molecule has 0 unspecified atom stereocenters. The first-order chi connectivity index (χ1) is 12.8. The van der Waals surface area contributed by atoms with Gasteiger partial charge in [0.05, 0.1) is 5.75 Å². The molecule has 1 aromatic carbocycles. The monoisotopic (exact) mass is 389 g/mol. The first-order valence-electron chi connectivity index (χ1n) is 8.70. The second-order valence-electron chi connectivity index (χ2n) is 6.56. The van der Waals surface area contributed by atoms with Crippen LogP contribution < -0.4 is 5.32 Å². The summed E-state index contributed by atoms with van der Waals surface area (Å²) in [4.78, 5) is 45.5. The van der Waals surface area contributed by atoms with Crippen molar-refractivity contribution in [2.24, 2.45) is 4.99 Å². The van der Waals surface area contributed by atoms with Crippen LogP contribution in [0.5, 0.6) is 0 Å². The van der Waals surface area contributed by atoms with E-state index in [1.165, 1.54) is 29.3 Å². The van der Waals surface area contributed by atoms with E-state index in [1.54, 1.807) is 19.0 Å². The number of imide groups is 1. The molecule has 1 saturated heterocycles. The summed E-state index contributed by atoms with van der Waals surface area (Å²) in [7, 11) is 4.88. The molecule has 2 heterocycles. The predicted octanol–water partition coefficient (Wildman–Crippen LogP) is 1.44. The number of aryl methyl sites for hydroxylation is 1. The van der Waals surface area contributed by atoms with Crippen LogP contribution in [-0.4, -0.2) is 76.8 Å². The summed E-state index contributed by atoms with van der Waals surface area (Å²) in [5, 5.41) is 3.43. The predicted molar refractivity (Wildman–Crippen MR) is 106 cm³/mol. The summed E-state index contributed by atoms with van der Waals surface area (Å²) in [6.07, 6.45) is 0.497. The lowest BCUT2D eigenvalue weighted by Gasteiger charge is -2.40. The largest absolute Gasteiger partial charge is 0.331 e. The number of urea groups is 1. The zero-order valence-electron chi connectivity index (χ0n) is 15.8. The van der Waals surface area contributed by atoms with Crippen LogP contribution in [-0.2, 0) is 16.0 Å². The Morgan fingerprint density at radius 3 is 2.44 bits per heavy atom. The number of thioether (sulfide) groups is 1. The second-order valence-corrected chi connectivity index (χ2v) is 7.50. The SMILES string of the molecule is CCc1ccc(NC(=O)CSC2=N[C@@H]3C(=O)N(C)C(=O)N(C)[C@@H]3N2C)cc1. The Bertz CT molecular complexity index is 795. The Labute approximate surface area is 162 Å². The molecule has 4 amide bonds. The zero-order valence-corrected chi connectivity index (χ0v) is 16.6. The average molecular weight is 389 g/mol. The van der Waals surface area contributed by atoms with E-state index in [9.17, 15) is 14.4 Å². The van der Waals surface area contributed by atoms with E-state index in [4.69, 9.17) is 0 Å². The number of carbonyl (C=O) groups excluding carboxylic acids is 3. The maximum Gasteiger partial charge on any atom is 0.327 e. The van der Waals surface area contributed by atoms with Crippen molar-refractivity contribution in [3.63, 3.8) is 0 Å². The molecule has 2 aliphatic heterocycles. The highest BCUT2D eigenvalue weighted by Gasteiger charge is 2.49. The van der Waals surface area contributed by atoms with Gasteiger partial charge < -0.3 is 15.1 Å². The molecular formula is C18H23N5O3S. The molecule has 0 aromatic heterocycles. The first kappa shape index (κ1) is 19.2. The highest BCUT2D eigenvalue weighted by molar-refractivity contribution is 8.14. The van der Waals surface area contributed by atoms with Gasteiger partial charge >= 0.3 is 6.03 Å². The molecule has 2 aliphatic rings. The molecule has 1 fully saturated rings. The summed E-state index contributed by atoms with van der Waals surface area (Å²) in [6.45, 7) is 2.08.